The standard InChI is InChI=1S/C15H21N3O2/c1-11-10-20-8-7-18(11)15(19)17-14(12-4-5-12)13-3-2-6-16-9-13/h2-3,6,9,11-12,14H,4-5,7-8,10H2,1H3,(H,17,19)/t11-,14?/m0/s1. The molecule has 5 heteroatoms. The number of ether oxygens (including phenoxy) is 1. The second-order valence-electron chi connectivity index (χ2n) is 5.67. The van der Waals surface area contributed by atoms with E-state index < -0.39 is 0 Å². The highest BCUT2D eigenvalue weighted by atomic mass is 16.5. The number of carbonyl (C=O) groups is 1. The Morgan fingerprint density at radius 2 is 2.40 bits per heavy atom. The average Bonchev–Trinajstić information content (AvgIpc) is 3.30. The molecule has 0 spiro atoms. The molecule has 2 amide bonds. The van der Waals surface area contributed by atoms with E-state index in [1.165, 1.54) is 12.8 Å². The summed E-state index contributed by atoms with van der Waals surface area (Å²) in [5, 5.41) is 3.19. The number of urea groups is 1. The molecule has 3 rings (SSSR count). The molecule has 2 fully saturated rings. The van der Waals surface area contributed by atoms with E-state index in [0.29, 0.717) is 25.7 Å². The monoisotopic (exact) mass is 275 g/mol. The fraction of sp³-hybridized carbons (Fsp3) is 0.600. The Labute approximate surface area is 119 Å². The van der Waals surface area contributed by atoms with Crippen molar-refractivity contribution in [2.24, 2.45) is 5.92 Å². The third-order valence-corrected chi connectivity index (χ3v) is 4.04. The minimum Gasteiger partial charge on any atom is -0.377 e. The van der Waals surface area contributed by atoms with Crippen molar-refractivity contribution in [1.82, 2.24) is 15.2 Å². The minimum absolute atomic E-state index is 0.0153. The van der Waals surface area contributed by atoms with Gasteiger partial charge in [0.1, 0.15) is 0 Å². The summed E-state index contributed by atoms with van der Waals surface area (Å²) >= 11 is 0. The number of hydrogen-bond acceptors (Lipinski definition) is 3. The van der Waals surface area contributed by atoms with Crippen molar-refractivity contribution in [3.05, 3.63) is 30.1 Å². The van der Waals surface area contributed by atoms with Crippen LogP contribution in [0.3, 0.4) is 0 Å². The van der Waals surface area contributed by atoms with Crippen molar-refractivity contribution in [3.63, 3.8) is 0 Å². The van der Waals surface area contributed by atoms with Crippen LogP contribution >= 0.6 is 0 Å². The predicted octanol–water partition coefficient (Wildman–Crippen LogP) is 1.96. The fourth-order valence-corrected chi connectivity index (χ4v) is 2.71. The number of carbonyl (C=O) groups excluding carboxylic acids is 1. The molecule has 108 valence electrons. The van der Waals surface area contributed by atoms with Gasteiger partial charge >= 0.3 is 6.03 Å². The van der Waals surface area contributed by atoms with Crippen LogP contribution in [0.5, 0.6) is 0 Å². The van der Waals surface area contributed by atoms with E-state index in [4.69, 9.17) is 4.74 Å². The lowest BCUT2D eigenvalue weighted by Gasteiger charge is -2.34. The smallest absolute Gasteiger partial charge is 0.318 e. The largest absolute Gasteiger partial charge is 0.377 e. The maximum atomic E-state index is 12.5. The molecule has 0 aromatic carbocycles. The van der Waals surface area contributed by atoms with E-state index in [2.05, 4.69) is 10.3 Å². The summed E-state index contributed by atoms with van der Waals surface area (Å²) < 4.78 is 5.38. The Bertz CT molecular complexity index is 461. The molecule has 2 aliphatic rings. The summed E-state index contributed by atoms with van der Waals surface area (Å²) in [5.41, 5.74) is 1.10. The first kappa shape index (κ1) is 13.4. The lowest BCUT2D eigenvalue weighted by atomic mass is 10.0. The number of amides is 2. The van der Waals surface area contributed by atoms with Crippen LogP contribution in [-0.4, -0.2) is 41.7 Å². The van der Waals surface area contributed by atoms with Crippen LogP contribution in [-0.2, 0) is 4.74 Å². The molecule has 20 heavy (non-hydrogen) atoms. The first-order valence-electron chi connectivity index (χ1n) is 7.30. The van der Waals surface area contributed by atoms with E-state index >= 15 is 0 Å². The minimum atomic E-state index is 0.0153. The van der Waals surface area contributed by atoms with Crippen molar-refractivity contribution >= 4 is 6.03 Å². The van der Waals surface area contributed by atoms with E-state index in [1.54, 1.807) is 6.20 Å². The van der Waals surface area contributed by atoms with Crippen molar-refractivity contribution in [2.45, 2.75) is 31.8 Å². The fourth-order valence-electron chi connectivity index (χ4n) is 2.71. The highest BCUT2D eigenvalue weighted by Gasteiger charge is 2.35. The molecular formula is C15H21N3O2. The molecule has 1 unspecified atom stereocenters. The number of pyridine rings is 1. The third-order valence-electron chi connectivity index (χ3n) is 4.04. The van der Waals surface area contributed by atoms with Crippen LogP contribution in [0, 0.1) is 5.92 Å². The van der Waals surface area contributed by atoms with Gasteiger partial charge in [0.15, 0.2) is 0 Å². The number of aromatic nitrogens is 1. The number of nitrogens with one attached hydrogen (secondary N) is 1. The molecule has 2 atom stereocenters. The normalized spacial score (nSPS) is 24.2. The lowest BCUT2D eigenvalue weighted by Crippen LogP contribution is -2.52. The molecule has 1 saturated carbocycles. The Hall–Kier alpha value is -1.62. The van der Waals surface area contributed by atoms with E-state index in [9.17, 15) is 4.79 Å². The molecule has 1 aliphatic heterocycles. The first-order valence-corrected chi connectivity index (χ1v) is 7.30. The maximum Gasteiger partial charge on any atom is 0.318 e. The molecule has 1 aromatic rings. The number of morpholine rings is 1. The molecule has 5 nitrogen and oxygen atoms in total. The van der Waals surface area contributed by atoms with Crippen molar-refractivity contribution in [3.8, 4) is 0 Å². The van der Waals surface area contributed by atoms with Crippen LogP contribution in [0.2, 0.25) is 0 Å². The number of nitrogens with zero attached hydrogens (tertiary/aromatic N) is 2. The molecule has 1 saturated heterocycles. The summed E-state index contributed by atoms with van der Waals surface area (Å²) in [6.07, 6.45) is 5.97. The van der Waals surface area contributed by atoms with Crippen LogP contribution in [0.1, 0.15) is 31.4 Å². The second-order valence-corrected chi connectivity index (χ2v) is 5.67. The molecule has 1 N–H and O–H groups in total. The van der Waals surface area contributed by atoms with Crippen LogP contribution in [0.4, 0.5) is 4.79 Å². The Morgan fingerprint density at radius 1 is 1.55 bits per heavy atom. The van der Waals surface area contributed by atoms with Gasteiger partial charge in [0.2, 0.25) is 0 Å². The molecular weight excluding hydrogens is 254 g/mol. The summed E-state index contributed by atoms with van der Waals surface area (Å²) in [7, 11) is 0. The summed E-state index contributed by atoms with van der Waals surface area (Å²) in [6.45, 7) is 3.93. The quantitative estimate of drug-likeness (QED) is 0.917. The van der Waals surface area contributed by atoms with Gasteiger partial charge in [0.25, 0.3) is 0 Å². The van der Waals surface area contributed by atoms with Crippen molar-refractivity contribution < 1.29 is 9.53 Å². The first-order chi connectivity index (χ1) is 9.75. The van der Waals surface area contributed by atoms with Crippen molar-refractivity contribution in [1.29, 1.82) is 0 Å². The van der Waals surface area contributed by atoms with Gasteiger partial charge in [0.05, 0.1) is 25.3 Å². The van der Waals surface area contributed by atoms with Gasteiger partial charge < -0.3 is 15.0 Å². The molecule has 1 aromatic heterocycles. The number of rotatable bonds is 3. The lowest BCUT2D eigenvalue weighted by molar-refractivity contribution is 0.0182. The van der Waals surface area contributed by atoms with Crippen LogP contribution in [0.15, 0.2) is 24.5 Å². The zero-order valence-corrected chi connectivity index (χ0v) is 11.8. The summed E-state index contributed by atoms with van der Waals surface area (Å²) in [6, 6.07) is 4.21. The van der Waals surface area contributed by atoms with Gasteiger partial charge in [-0.15, -0.1) is 0 Å². The zero-order valence-electron chi connectivity index (χ0n) is 11.8. The van der Waals surface area contributed by atoms with Gasteiger partial charge in [-0.1, -0.05) is 6.07 Å². The Balaban J connectivity index is 1.69. The Morgan fingerprint density at radius 3 is 3.05 bits per heavy atom. The van der Waals surface area contributed by atoms with Gasteiger partial charge in [-0.2, -0.15) is 0 Å². The second kappa shape index (κ2) is 5.79. The number of hydrogen-bond donors (Lipinski definition) is 1. The van der Waals surface area contributed by atoms with Crippen LogP contribution < -0.4 is 5.32 Å². The van der Waals surface area contributed by atoms with E-state index in [0.717, 1.165) is 5.56 Å². The van der Waals surface area contributed by atoms with E-state index in [1.807, 2.05) is 30.2 Å². The zero-order chi connectivity index (χ0) is 13.9. The van der Waals surface area contributed by atoms with E-state index in [-0.39, 0.29) is 18.1 Å². The third kappa shape index (κ3) is 2.93. The summed E-state index contributed by atoms with van der Waals surface area (Å²) in [4.78, 5) is 18.5. The average molecular weight is 275 g/mol. The van der Waals surface area contributed by atoms with Gasteiger partial charge in [-0.05, 0) is 37.3 Å². The SMILES string of the molecule is C[C@H]1COCCN1C(=O)NC(c1cccnc1)C1CC1. The van der Waals surface area contributed by atoms with Crippen molar-refractivity contribution in [2.75, 3.05) is 19.8 Å². The highest BCUT2D eigenvalue weighted by Crippen LogP contribution is 2.40. The molecule has 2 heterocycles. The topological polar surface area (TPSA) is 54.5 Å². The highest BCUT2D eigenvalue weighted by molar-refractivity contribution is 5.75. The molecule has 0 bridgehead atoms. The van der Waals surface area contributed by atoms with Gasteiger partial charge in [-0.25, -0.2) is 4.79 Å². The Kier molecular flexibility index (Phi) is 3.87. The predicted molar refractivity (Wildman–Crippen MR) is 75.2 cm³/mol. The van der Waals surface area contributed by atoms with Gasteiger partial charge in [-0.3, -0.25) is 4.98 Å². The molecule has 1 aliphatic carbocycles. The van der Waals surface area contributed by atoms with Crippen LogP contribution in [0.25, 0.3) is 0 Å². The molecule has 0 radical (unpaired) electrons. The maximum absolute atomic E-state index is 12.5. The van der Waals surface area contributed by atoms with Gasteiger partial charge in [0, 0.05) is 18.9 Å². The summed E-state index contributed by atoms with van der Waals surface area (Å²) in [5.74, 6) is 0.555.